The van der Waals surface area contributed by atoms with Gasteiger partial charge in [-0.3, -0.25) is 0 Å². The van der Waals surface area contributed by atoms with Gasteiger partial charge < -0.3 is 15.1 Å². The highest BCUT2D eigenvalue weighted by molar-refractivity contribution is 5.56. The monoisotopic (exact) mass is 261 g/mol. The molecule has 0 saturated carbocycles. The number of likely N-dealkylation sites (N-methyl/N-ethyl adjacent to an activating group) is 2. The maximum absolute atomic E-state index is 3.33. The number of hydrogen-bond acceptors (Lipinski definition) is 3. The van der Waals surface area contributed by atoms with E-state index >= 15 is 0 Å². The van der Waals surface area contributed by atoms with Crippen molar-refractivity contribution < 1.29 is 0 Å². The molecule has 1 heterocycles. The number of benzene rings is 1. The minimum atomic E-state index is 0.590. The number of anilines is 1. The van der Waals surface area contributed by atoms with Gasteiger partial charge in [-0.25, -0.2) is 0 Å². The molecule has 0 amide bonds. The van der Waals surface area contributed by atoms with E-state index in [9.17, 15) is 0 Å². The second-order valence-corrected chi connectivity index (χ2v) is 5.71. The average molecular weight is 261 g/mol. The molecule has 2 rings (SSSR count). The number of rotatable bonds is 3. The zero-order valence-corrected chi connectivity index (χ0v) is 12.7. The Bertz CT molecular complexity index is 416. The summed E-state index contributed by atoms with van der Waals surface area (Å²) in [5, 5.41) is 3.33. The molecule has 106 valence electrons. The van der Waals surface area contributed by atoms with Crippen molar-refractivity contribution in [1.29, 1.82) is 0 Å². The third-order valence-electron chi connectivity index (χ3n) is 4.35. The smallest absolute Gasteiger partial charge is 0.0399 e. The Labute approximate surface area is 117 Å². The van der Waals surface area contributed by atoms with E-state index in [0.717, 1.165) is 19.6 Å². The van der Waals surface area contributed by atoms with Crippen LogP contribution in [0.2, 0.25) is 0 Å². The average Bonchev–Trinajstić information content (AvgIpc) is 2.56. The van der Waals surface area contributed by atoms with E-state index in [1.807, 2.05) is 7.05 Å². The fourth-order valence-electron chi connectivity index (χ4n) is 2.93. The van der Waals surface area contributed by atoms with Crippen LogP contribution in [0.25, 0.3) is 0 Å². The van der Waals surface area contributed by atoms with Gasteiger partial charge >= 0.3 is 0 Å². The number of nitrogens with one attached hydrogen (secondary N) is 1. The highest BCUT2D eigenvalue weighted by atomic mass is 15.2. The van der Waals surface area contributed by atoms with Gasteiger partial charge in [-0.05, 0) is 58.1 Å². The molecule has 1 saturated heterocycles. The molecule has 1 N–H and O–H groups in total. The van der Waals surface area contributed by atoms with Crippen LogP contribution in [0.5, 0.6) is 0 Å². The van der Waals surface area contributed by atoms with E-state index < -0.39 is 0 Å². The van der Waals surface area contributed by atoms with Crippen LogP contribution < -0.4 is 10.2 Å². The molecular formula is C16H27N3. The Morgan fingerprint density at radius 1 is 1.26 bits per heavy atom. The van der Waals surface area contributed by atoms with Crippen molar-refractivity contribution in [3.05, 3.63) is 29.3 Å². The quantitative estimate of drug-likeness (QED) is 0.898. The molecule has 0 aromatic heterocycles. The predicted molar refractivity (Wildman–Crippen MR) is 83.1 cm³/mol. The summed E-state index contributed by atoms with van der Waals surface area (Å²) >= 11 is 0. The first-order valence-electron chi connectivity index (χ1n) is 7.29. The third kappa shape index (κ3) is 3.28. The number of aryl methyl sites for hydroxylation is 1. The maximum atomic E-state index is 3.33. The molecule has 1 aromatic carbocycles. The summed E-state index contributed by atoms with van der Waals surface area (Å²) in [6, 6.07) is 7.24. The van der Waals surface area contributed by atoms with Crippen LogP contribution in [0, 0.1) is 13.8 Å². The normalized spacial score (nSPS) is 21.5. The second kappa shape index (κ2) is 6.40. The van der Waals surface area contributed by atoms with Crippen LogP contribution in [-0.2, 0) is 0 Å². The van der Waals surface area contributed by atoms with Gasteiger partial charge in [0.2, 0.25) is 0 Å². The summed E-state index contributed by atoms with van der Waals surface area (Å²) in [5.41, 5.74) is 4.23. The van der Waals surface area contributed by atoms with Gasteiger partial charge in [0.25, 0.3) is 0 Å². The first-order valence-corrected chi connectivity index (χ1v) is 7.29. The van der Waals surface area contributed by atoms with Crippen LogP contribution in [0.15, 0.2) is 18.2 Å². The van der Waals surface area contributed by atoms with Crippen LogP contribution in [0.3, 0.4) is 0 Å². The van der Waals surface area contributed by atoms with Gasteiger partial charge in [0.05, 0.1) is 0 Å². The largest absolute Gasteiger partial charge is 0.370 e. The van der Waals surface area contributed by atoms with Crippen molar-refractivity contribution in [2.75, 3.05) is 45.2 Å². The molecule has 3 nitrogen and oxygen atoms in total. The first-order chi connectivity index (χ1) is 9.13. The molecule has 0 spiro atoms. The summed E-state index contributed by atoms with van der Waals surface area (Å²) in [5.74, 6) is 0. The fraction of sp³-hybridized carbons (Fsp3) is 0.625. The maximum Gasteiger partial charge on any atom is 0.0399 e. The van der Waals surface area contributed by atoms with Crippen molar-refractivity contribution in [3.63, 3.8) is 0 Å². The minimum Gasteiger partial charge on any atom is -0.370 e. The Kier molecular flexibility index (Phi) is 4.83. The second-order valence-electron chi connectivity index (χ2n) is 5.71. The van der Waals surface area contributed by atoms with Crippen molar-refractivity contribution >= 4 is 5.69 Å². The molecule has 19 heavy (non-hydrogen) atoms. The molecule has 1 atom stereocenters. The van der Waals surface area contributed by atoms with E-state index in [1.54, 1.807) is 0 Å². The van der Waals surface area contributed by atoms with Crippen molar-refractivity contribution in [2.24, 2.45) is 0 Å². The summed E-state index contributed by atoms with van der Waals surface area (Å²) in [6.07, 6.45) is 1.24. The van der Waals surface area contributed by atoms with Crippen LogP contribution in [-0.4, -0.2) is 51.2 Å². The lowest BCUT2D eigenvalue weighted by Crippen LogP contribution is -2.44. The molecule has 1 unspecified atom stereocenters. The molecule has 1 fully saturated rings. The molecule has 0 radical (unpaired) electrons. The summed E-state index contributed by atoms with van der Waals surface area (Å²) in [4.78, 5) is 5.05. The standard InChI is InChI=1S/C16H27N3/c1-13-7-5-8-16(14(13)2)19-10-6-9-18(4)15(12-19)11-17-3/h5,7-8,15,17H,6,9-12H2,1-4H3. The molecule has 1 aliphatic heterocycles. The molecular weight excluding hydrogens is 234 g/mol. The van der Waals surface area contributed by atoms with E-state index in [0.29, 0.717) is 6.04 Å². The van der Waals surface area contributed by atoms with Crippen LogP contribution >= 0.6 is 0 Å². The minimum absolute atomic E-state index is 0.590. The van der Waals surface area contributed by atoms with E-state index in [1.165, 1.54) is 29.8 Å². The molecule has 0 bridgehead atoms. The lowest BCUT2D eigenvalue weighted by atomic mass is 10.1. The van der Waals surface area contributed by atoms with Gasteiger partial charge in [0, 0.05) is 31.4 Å². The van der Waals surface area contributed by atoms with Gasteiger partial charge in [0.15, 0.2) is 0 Å². The molecule has 1 aliphatic rings. The lowest BCUT2D eigenvalue weighted by Gasteiger charge is -2.31. The van der Waals surface area contributed by atoms with Gasteiger partial charge in [-0.15, -0.1) is 0 Å². The Morgan fingerprint density at radius 2 is 2.05 bits per heavy atom. The van der Waals surface area contributed by atoms with E-state index in [4.69, 9.17) is 0 Å². The highest BCUT2D eigenvalue weighted by Gasteiger charge is 2.22. The number of nitrogens with zero attached hydrogens (tertiary/aromatic N) is 2. The topological polar surface area (TPSA) is 18.5 Å². The van der Waals surface area contributed by atoms with Gasteiger partial charge in [-0.2, -0.15) is 0 Å². The Morgan fingerprint density at radius 3 is 2.79 bits per heavy atom. The summed E-state index contributed by atoms with van der Waals surface area (Å²) < 4.78 is 0. The lowest BCUT2D eigenvalue weighted by molar-refractivity contribution is 0.257. The zero-order chi connectivity index (χ0) is 13.8. The van der Waals surface area contributed by atoms with Crippen molar-refractivity contribution in [1.82, 2.24) is 10.2 Å². The van der Waals surface area contributed by atoms with Crippen LogP contribution in [0.4, 0.5) is 5.69 Å². The first kappa shape index (κ1) is 14.4. The van der Waals surface area contributed by atoms with Crippen molar-refractivity contribution in [3.8, 4) is 0 Å². The van der Waals surface area contributed by atoms with Gasteiger partial charge in [-0.1, -0.05) is 12.1 Å². The van der Waals surface area contributed by atoms with Gasteiger partial charge in [0.1, 0.15) is 0 Å². The zero-order valence-electron chi connectivity index (χ0n) is 12.7. The molecule has 0 aliphatic carbocycles. The number of hydrogen-bond donors (Lipinski definition) is 1. The van der Waals surface area contributed by atoms with Crippen molar-refractivity contribution in [2.45, 2.75) is 26.3 Å². The SMILES string of the molecule is CNCC1CN(c2cccc(C)c2C)CCCN1C. The highest BCUT2D eigenvalue weighted by Crippen LogP contribution is 2.24. The Balaban J connectivity index is 2.21. The van der Waals surface area contributed by atoms with E-state index in [2.05, 4.69) is 54.2 Å². The third-order valence-corrected chi connectivity index (χ3v) is 4.35. The Hall–Kier alpha value is -1.06. The summed E-state index contributed by atoms with van der Waals surface area (Å²) in [6.45, 7) is 8.96. The summed E-state index contributed by atoms with van der Waals surface area (Å²) in [7, 11) is 4.29. The van der Waals surface area contributed by atoms with Crippen LogP contribution in [0.1, 0.15) is 17.5 Å². The molecule has 3 heteroatoms. The predicted octanol–water partition coefficient (Wildman–Crippen LogP) is 2.03. The van der Waals surface area contributed by atoms with E-state index in [-0.39, 0.29) is 0 Å². The molecule has 1 aromatic rings. The fourth-order valence-corrected chi connectivity index (χ4v) is 2.93.